The molecule has 3 rings (SSSR count). The van der Waals surface area contributed by atoms with Crippen molar-refractivity contribution in [1.82, 2.24) is 0 Å². The normalized spacial score (nSPS) is 18.0. The molecule has 7 heteroatoms. The summed E-state index contributed by atoms with van der Waals surface area (Å²) in [7, 11) is 3.07. The van der Waals surface area contributed by atoms with Crippen LogP contribution in [-0.2, 0) is 9.59 Å². The number of carbonyl (C=O) groups is 2. The first kappa shape index (κ1) is 22.5. The minimum absolute atomic E-state index is 0.225. The van der Waals surface area contributed by atoms with Crippen molar-refractivity contribution in [2.75, 3.05) is 20.8 Å². The molecule has 0 amide bonds. The second-order valence-electron chi connectivity index (χ2n) is 7.31. The topological polar surface area (TPSA) is 80.3 Å². The van der Waals surface area contributed by atoms with Crippen molar-refractivity contribution in [2.45, 2.75) is 32.6 Å². The number of esters is 2. The van der Waals surface area contributed by atoms with Gasteiger partial charge in [0.1, 0.15) is 17.2 Å². The van der Waals surface area contributed by atoms with Crippen molar-refractivity contribution < 1.29 is 33.3 Å². The van der Waals surface area contributed by atoms with Gasteiger partial charge >= 0.3 is 11.9 Å². The van der Waals surface area contributed by atoms with Gasteiger partial charge in [-0.2, -0.15) is 0 Å². The molecule has 31 heavy (non-hydrogen) atoms. The molecule has 7 nitrogen and oxygen atoms in total. The van der Waals surface area contributed by atoms with E-state index >= 15 is 0 Å². The number of methoxy groups -OCH3 is 2. The molecule has 0 saturated heterocycles. The fraction of sp³-hybridized carbons (Fsp3) is 0.417. The van der Waals surface area contributed by atoms with Crippen LogP contribution in [0.1, 0.15) is 32.6 Å². The Morgan fingerprint density at radius 2 is 1.23 bits per heavy atom. The third-order valence-electron chi connectivity index (χ3n) is 5.32. The molecule has 0 unspecified atom stereocenters. The van der Waals surface area contributed by atoms with Crippen LogP contribution in [0.4, 0.5) is 0 Å². The van der Waals surface area contributed by atoms with Crippen LogP contribution in [0.25, 0.3) is 0 Å². The molecular formula is C24H28O7. The van der Waals surface area contributed by atoms with Gasteiger partial charge < -0.3 is 23.7 Å². The minimum atomic E-state index is -0.300. The maximum atomic E-state index is 12.6. The van der Waals surface area contributed by atoms with Crippen LogP contribution in [0.2, 0.25) is 0 Å². The van der Waals surface area contributed by atoms with E-state index in [1.54, 1.807) is 49.6 Å². The van der Waals surface area contributed by atoms with Crippen LogP contribution in [0.15, 0.2) is 42.5 Å². The lowest BCUT2D eigenvalue weighted by atomic mass is 9.82. The van der Waals surface area contributed by atoms with Gasteiger partial charge in [-0.25, -0.2) is 0 Å². The van der Waals surface area contributed by atoms with Crippen LogP contribution in [-0.4, -0.2) is 32.8 Å². The summed E-state index contributed by atoms with van der Waals surface area (Å²) in [6.45, 7) is 2.49. The Morgan fingerprint density at radius 1 is 0.742 bits per heavy atom. The molecule has 166 valence electrons. The van der Waals surface area contributed by atoms with Crippen LogP contribution in [0.3, 0.4) is 0 Å². The molecule has 1 aliphatic carbocycles. The summed E-state index contributed by atoms with van der Waals surface area (Å²) in [6.07, 6.45) is 2.33. The summed E-state index contributed by atoms with van der Waals surface area (Å²) in [5, 5.41) is 0. The third kappa shape index (κ3) is 5.90. The molecule has 2 aromatic carbocycles. The lowest BCUT2D eigenvalue weighted by Crippen LogP contribution is -2.30. The van der Waals surface area contributed by atoms with E-state index in [2.05, 4.69) is 0 Å². The number of rotatable bonds is 8. The predicted molar refractivity (Wildman–Crippen MR) is 114 cm³/mol. The van der Waals surface area contributed by atoms with Crippen LogP contribution >= 0.6 is 0 Å². The molecule has 0 aromatic heterocycles. The highest BCUT2D eigenvalue weighted by Crippen LogP contribution is 2.34. The van der Waals surface area contributed by atoms with Crippen molar-refractivity contribution in [3.63, 3.8) is 0 Å². The summed E-state index contributed by atoms with van der Waals surface area (Å²) in [5.41, 5.74) is 0. The minimum Gasteiger partial charge on any atom is -0.494 e. The van der Waals surface area contributed by atoms with E-state index in [1.807, 2.05) is 6.92 Å². The van der Waals surface area contributed by atoms with Gasteiger partial charge in [0, 0.05) is 6.07 Å². The van der Waals surface area contributed by atoms with Gasteiger partial charge in [-0.3, -0.25) is 9.59 Å². The molecule has 0 heterocycles. The molecule has 0 N–H and O–H groups in total. The Balaban J connectivity index is 1.49. The van der Waals surface area contributed by atoms with Gasteiger partial charge in [0.25, 0.3) is 0 Å². The van der Waals surface area contributed by atoms with Crippen LogP contribution < -0.4 is 23.7 Å². The van der Waals surface area contributed by atoms with Crippen LogP contribution in [0.5, 0.6) is 28.7 Å². The average molecular weight is 428 g/mol. The van der Waals surface area contributed by atoms with Gasteiger partial charge in [0.05, 0.1) is 32.7 Å². The van der Waals surface area contributed by atoms with E-state index in [0.29, 0.717) is 55.3 Å². The number of carbonyl (C=O) groups excluding carboxylic acids is 2. The Morgan fingerprint density at radius 3 is 1.74 bits per heavy atom. The predicted octanol–water partition coefficient (Wildman–Crippen LogP) is 4.42. The number of hydrogen-bond acceptors (Lipinski definition) is 7. The van der Waals surface area contributed by atoms with Gasteiger partial charge in [0.15, 0.2) is 11.5 Å². The van der Waals surface area contributed by atoms with Gasteiger partial charge in [-0.05, 0) is 69.0 Å². The van der Waals surface area contributed by atoms with E-state index in [4.69, 9.17) is 23.7 Å². The number of benzene rings is 2. The molecule has 0 radical (unpaired) electrons. The fourth-order valence-corrected chi connectivity index (χ4v) is 3.61. The summed E-state index contributed by atoms with van der Waals surface area (Å²) in [5.74, 6) is 1.64. The second kappa shape index (κ2) is 10.7. The van der Waals surface area contributed by atoms with E-state index in [1.165, 1.54) is 7.11 Å². The Labute approximate surface area is 182 Å². The molecular weight excluding hydrogens is 400 g/mol. The molecule has 1 fully saturated rings. The Hall–Kier alpha value is -3.22. The molecule has 0 aliphatic heterocycles. The largest absolute Gasteiger partial charge is 0.494 e. The monoisotopic (exact) mass is 428 g/mol. The standard InChI is InChI=1S/C24H28O7/c1-4-29-18-9-11-19(12-10-18)30-23(25)16-5-7-17(8-6-16)24(26)31-20-13-14-21(27-2)22(15-20)28-3/h9-17H,4-8H2,1-3H3. The Kier molecular flexibility index (Phi) is 7.76. The van der Waals surface area contributed by atoms with E-state index in [9.17, 15) is 9.59 Å². The molecule has 0 spiro atoms. The zero-order chi connectivity index (χ0) is 22.2. The third-order valence-corrected chi connectivity index (χ3v) is 5.32. The number of hydrogen-bond donors (Lipinski definition) is 0. The first-order valence-electron chi connectivity index (χ1n) is 10.4. The smallest absolute Gasteiger partial charge is 0.314 e. The van der Waals surface area contributed by atoms with E-state index in [0.717, 1.165) is 5.75 Å². The lowest BCUT2D eigenvalue weighted by molar-refractivity contribution is -0.145. The van der Waals surface area contributed by atoms with Crippen molar-refractivity contribution in [2.24, 2.45) is 11.8 Å². The van der Waals surface area contributed by atoms with Crippen molar-refractivity contribution >= 4 is 11.9 Å². The van der Waals surface area contributed by atoms with Gasteiger partial charge in [-0.1, -0.05) is 0 Å². The average Bonchev–Trinajstić information content (AvgIpc) is 2.80. The first-order valence-corrected chi connectivity index (χ1v) is 10.4. The molecule has 0 bridgehead atoms. The molecule has 0 atom stereocenters. The van der Waals surface area contributed by atoms with Crippen molar-refractivity contribution in [1.29, 1.82) is 0 Å². The first-order chi connectivity index (χ1) is 15.0. The molecule has 1 aliphatic rings. The zero-order valence-corrected chi connectivity index (χ0v) is 18.1. The maximum Gasteiger partial charge on any atom is 0.314 e. The van der Waals surface area contributed by atoms with Gasteiger partial charge in [0.2, 0.25) is 0 Å². The molecule has 1 saturated carbocycles. The lowest BCUT2D eigenvalue weighted by Gasteiger charge is -2.25. The van der Waals surface area contributed by atoms with Crippen LogP contribution in [0, 0.1) is 11.8 Å². The fourth-order valence-electron chi connectivity index (χ4n) is 3.61. The second-order valence-corrected chi connectivity index (χ2v) is 7.31. The summed E-state index contributed by atoms with van der Waals surface area (Å²) in [6, 6.07) is 12.0. The van der Waals surface area contributed by atoms with E-state index < -0.39 is 0 Å². The summed E-state index contributed by atoms with van der Waals surface area (Å²) in [4.78, 5) is 25.0. The highest BCUT2D eigenvalue weighted by molar-refractivity contribution is 5.78. The SMILES string of the molecule is CCOc1ccc(OC(=O)C2CCC(C(=O)Oc3ccc(OC)c(OC)c3)CC2)cc1. The zero-order valence-electron chi connectivity index (χ0n) is 18.1. The number of ether oxygens (including phenoxy) is 5. The Bertz CT molecular complexity index is 883. The maximum absolute atomic E-state index is 12.6. The highest BCUT2D eigenvalue weighted by Gasteiger charge is 2.32. The summed E-state index contributed by atoms with van der Waals surface area (Å²) >= 11 is 0. The highest BCUT2D eigenvalue weighted by atomic mass is 16.5. The van der Waals surface area contributed by atoms with E-state index in [-0.39, 0.29) is 23.8 Å². The van der Waals surface area contributed by atoms with Crippen molar-refractivity contribution in [3.8, 4) is 28.7 Å². The summed E-state index contributed by atoms with van der Waals surface area (Å²) < 4.78 is 26.8. The van der Waals surface area contributed by atoms with Crippen molar-refractivity contribution in [3.05, 3.63) is 42.5 Å². The van der Waals surface area contributed by atoms with Gasteiger partial charge in [-0.15, -0.1) is 0 Å². The quantitative estimate of drug-likeness (QED) is 0.455. The molecule has 2 aromatic rings.